The number of oxazole rings is 1. The second-order valence-corrected chi connectivity index (χ2v) is 3.61. The lowest BCUT2D eigenvalue weighted by Crippen LogP contribution is -2.20. The van der Waals surface area contributed by atoms with Crippen molar-refractivity contribution in [2.45, 2.75) is 6.04 Å². The number of carboxylic acids is 1. The number of halogens is 1. The molecule has 7 heteroatoms. The zero-order valence-corrected chi connectivity index (χ0v) is 8.62. The SMILES string of the molecule is NC(C(=O)O)c1cc(Cl)c2[nH]c(=O)oc2c1. The number of carbonyl (C=O) groups is 1. The Morgan fingerprint density at radius 1 is 1.56 bits per heavy atom. The third-order valence-corrected chi connectivity index (χ3v) is 2.43. The Hall–Kier alpha value is -1.79. The minimum absolute atomic E-state index is 0.184. The van der Waals surface area contributed by atoms with E-state index in [1.54, 1.807) is 0 Å². The van der Waals surface area contributed by atoms with Crippen LogP contribution >= 0.6 is 11.6 Å². The number of hydrogen-bond acceptors (Lipinski definition) is 4. The predicted octanol–water partition coefficient (Wildman–Crippen LogP) is 0.859. The minimum atomic E-state index is -1.21. The Labute approximate surface area is 93.6 Å². The molecule has 1 aromatic carbocycles. The molecule has 1 unspecified atom stereocenters. The maximum absolute atomic E-state index is 10.9. The van der Waals surface area contributed by atoms with Gasteiger partial charge >= 0.3 is 11.7 Å². The highest BCUT2D eigenvalue weighted by molar-refractivity contribution is 6.34. The van der Waals surface area contributed by atoms with Crippen molar-refractivity contribution >= 4 is 28.7 Å². The van der Waals surface area contributed by atoms with Gasteiger partial charge in [-0.15, -0.1) is 0 Å². The van der Waals surface area contributed by atoms with E-state index in [2.05, 4.69) is 4.98 Å². The fourth-order valence-corrected chi connectivity index (χ4v) is 1.62. The molecular weight excluding hydrogens is 236 g/mol. The van der Waals surface area contributed by atoms with E-state index in [0.29, 0.717) is 5.52 Å². The normalized spacial score (nSPS) is 12.9. The minimum Gasteiger partial charge on any atom is -0.480 e. The molecule has 1 heterocycles. The van der Waals surface area contributed by atoms with Crippen molar-refractivity contribution in [3.8, 4) is 0 Å². The number of aliphatic carboxylic acids is 1. The van der Waals surface area contributed by atoms with Crippen LogP contribution in [0.2, 0.25) is 5.02 Å². The van der Waals surface area contributed by atoms with Crippen LogP contribution in [0.25, 0.3) is 11.1 Å². The zero-order chi connectivity index (χ0) is 11.9. The molecule has 0 radical (unpaired) electrons. The first-order chi connectivity index (χ1) is 7.49. The standard InChI is InChI=1S/C9H7ClN2O4/c10-4-1-3(6(11)8(13)14)2-5-7(4)12-9(15)16-5/h1-2,6H,11H2,(H,12,15)(H,13,14). The highest BCUT2D eigenvalue weighted by atomic mass is 35.5. The number of benzene rings is 1. The molecule has 0 amide bonds. The lowest BCUT2D eigenvalue weighted by Gasteiger charge is -2.06. The summed E-state index contributed by atoms with van der Waals surface area (Å²) in [6.45, 7) is 0. The average molecular weight is 243 g/mol. The summed E-state index contributed by atoms with van der Waals surface area (Å²) in [5.74, 6) is -1.84. The average Bonchev–Trinajstić information content (AvgIpc) is 2.57. The van der Waals surface area contributed by atoms with E-state index >= 15 is 0 Å². The first kappa shape index (κ1) is 10.7. The topological polar surface area (TPSA) is 109 Å². The third kappa shape index (κ3) is 1.68. The Bertz CT molecular complexity index is 615. The van der Waals surface area contributed by atoms with Crippen molar-refractivity contribution in [2.24, 2.45) is 5.73 Å². The molecule has 0 fully saturated rings. The Balaban J connectivity index is 2.66. The molecule has 2 aromatic rings. The fourth-order valence-electron chi connectivity index (χ4n) is 1.35. The molecule has 84 valence electrons. The Kier molecular flexibility index (Phi) is 2.45. The van der Waals surface area contributed by atoms with Gasteiger partial charge in [-0.05, 0) is 17.7 Å². The molecule has 4 N–H and O–H groups in total. The molecule has 0 bridgehead atoms. The van der Waals surface area contributed by atoms with E-state index in [0.717, 1.165) is 0 Å². The lowest BCUT2D eigenvalue weighted by molar-refractivity contribution is -0.138. The molecule has 2 rings (SSSR count). The van der Waals surface area contributed by atoms with Crippen LogP contribution in [0.3, 0.4) is 0 Å². The summed E-state index contributed by atoms with van der Waals surface area (Å²) in [6, 6.07) is 1.55. The van der Waals surface area contributed by atoms with Crippen LogP contribution in [0.4, 0.5) is 0 Å². The lowest BCUT2D eigenvalue weighted by atomic mass is 10.1. The molecule has 0 saturated carbocycles. The summed E-state index contributed by atoms with van der Waals surface area (Å²) in [5.41, 5.74) is 6.20. The molecule has 0 spiro atoms. The molecule has 0 aliphatic rings. The van der Waals surface area contributed by atoms with Gasteiger partial charge in [0.05, 0.1) is 5.02 Å². The van der Waals surface area contributed by atoms with Crippen molar-refractivity contribution in [3.05, 3.63) is 33.3 Å². The van der Waals surface area contributed by atoms with Crippen LogP contribution in [0.1, 0.15) is 11.6 Å². The molecule has 0 aliphatic heterocycles. The van der Waals surface area contributed by atoms with E-state index in [4.69, 9.17) is 26.9 Å². The molecular formula is C9H7ClN2O4. The number of aromatic nitrogens is 1. The monoisotopic (exact) mass is 242 g/mol. The number of carboxylic acid groups (broad SMARTS) is 1. The van der Waals surface area contributed by atoms with Gasteiger partial charge in [-0.3, -0.25) is 9.78 Å². The predicted molar refractivity (Wildman–Crippen MR) is 56.4 cm³/mol. The second kappa shape index (κ2) is 3.66. The van der Waals surface area contributed by atoms with Gasteiger partial charge in [-0.2, -0.15) is 0 Å². The largest absolute Gasteiger partial charge is 0.480 e. The Morgan fingerprint density at radius 3 is 2.88 bits per heavy atom. The van der Waals surface area contributed by atoms with Gasteiger partial charge < -0.3 is 15.3 Å². The summed E-state index contributed by atoms with van der Waals surface area (Å²) in [6.07, 6.45) is 0. The smallest absolute Gasteiger partial charge is 0.417 e. The van der Waals surface area contributed by atoms with Gasteiger partial charge in [-0.1, -0.05) is 11.6 Å². The summed E-state index contributed by atoms with van der Waals surface area (Å²) >= 11 is 5.85. The van der Waals surface area contributed by atoms with Gasteiger partial charge in [0, 0.05) is 0 Å². The van der Waals surface area contributed by atoms with Crippen LogP contribution in [0.5, 0.6) is 0 Å². The van der Waals surface area contributed by atoms with E-state index in [1.165, 1.54) is 12.1 Å². The van der Waals surface area contributed by atoms with Crippen molar-refractivity contribution in [1.29, 1.82) is 0 Å². The van der Waals surface area contributed by atoms with Crippen molar-refractivity contribution in [1.82, 2.24) is 4.98 Å². The summed E-state index contributed by atoms with van der Waals surface area (Å²) < 4.78 is 4.78. The number of H-pyrrole nitrogens is 1. The quantitative estimate of drug-likeness (QED) is 0.724. The van der Waals surface area contributed by atoms with Crippen LogP contribution in [0.15, 0.2) is 21.3 Å². The number of rotatable bonds is 2. The van der Waals surface area contributed by atoms with E-state index in [9.17, 15) is 9.59 Å². The number of hydrogen-bond donors (Lipinski definition) is 3. The Morgan fingerprint density at radius 2 is 2.25 bits per heavy atom. The first-order valence-electron chi connectivity index (χ1n) is 4.29. The zero-order valence-electron chi connectivity index (χ0n) is 7.86. The summed E-state index contributed by atoms with van der Waals surface area (Å²) in [7, 11) is 0. The number of aromatic amines is 1. The number of nitrogens with one attached hydrogen (secondary N) is 1. The van der Waals surface area contributed by atoms with E-state index in [1.807, 2.05) is 0 Å². The maximum atomic E-state index is 10.9. The van der Waals surface area contributed by atoms with Crippen molar-refractivity contribution in [3.63, 3.8) is 0 Å². The van der Waals surface area contributed by atoms with Crippen LogP contribution in [-0.2, 0) is 4.79 Å². The van der Waals surface area contributed by atoms with Crippen molar-refractivity contribution in [2.75, 3.05) is 0 Å². The molecule has 0 aliphatic carbocycles. The first-order valence-corrected chi connectivity index (χ1v) is 4.67. The van der Waals surface area contributed by atoms with Gasteiger partial charge in [0.2, 0.25) is 0 Å². The number of fused-ring (bicyclic) bond motifs is 1. The van der Waals surface area contributed by atoms with Gasteiger partial charge in [0.15, 0.2) is 5.58 Å². The molecule has 0 saturated heterocycles. The third-order valence-electron chi connectivity index (χ3n) is 2.13. The molecule has 1 atom stereocenters. The number of nitrogens with two attached hydrogens (primary N) is 1. The highest BCUT2D eigenvalue weighted by Gasteiger charge is 2.17. The van der Waals surface area contributed by atoms with Crippen LogP contribution in [-0.4, -0.2) is 16.1 Å². The van der Waals surface area contributed by atoms with Gasteiger partial charge in [0.25, 0.3) is 0 Å². The van der Waals surface area contributed by atoms with Crippen molar-refractivity contribution < 1.29 is 14.3 Å². The van der Waals surface area contributed by atoms with Crippen LogP contribution < -0.4 is 11.5 Å². The fraction of sp³-hybridized carbons (Fsp3) is 0.111. The highest BCUT2D eigenvalue weighted by Crippen LogP contribution is 2.25. The molecule has 6 nitrogen and oxygen atoms in total. The summed E-state index contributed by atoms with van der Waals surface area (Å²) in [5, 5.41) is 8.93. The van der Waals surface area contributed by atoms with Gasteiger partial charge in [-0.25, -0.2) is 4.79 Å². The van der Waals surface area contributed by atoms with Gasteiger partial charge in [0.1, 0.15) is 11.6 Å². The maximum Gasteiger partial charge on any atom is 0.417 e. The molecule has 1 aromatic heterocycles. The van der Waals surface area contributed by atoms with Crippen LogP contribution in [0, 0.1) is 0 Å². The van der Waals surface area contributed by atoms with E-state index in [-0.39, 0.29) is 16.2 Å². The van der Waals surface area contributed by atoms with E-state index < -0.39 is 17.8 Å². The molecule has 16 heavy (non-hydrogen) atoms. The summed E-state index contributed by atoms with van der Waals surface area (Å²) in [4.78, 5) is 24.0. The second-order valence-electron chi connectivity index (χ2n) is 3.21.